The van der Waals surface area contributed by atoms with Crippen molar-refractivity contribution in [1.82, 2.24) is 4.31 Å². The Morgan fingerprint density at radius 1 is 1.23 bits per heavy atom. The van der Waals surface area contributed by atoms with Gasteiger partial charge >= 0.3 is 0 Å². The molecular formula is C16H21NO4S. The van der Waals surface area contributed by atoms with E-state index in [0.29, 0.717) is 26.2 Å². The number of hydrogen-bond donors (Lipinski definition) is 0. The third-order valence-electron chi connectivity index (χ3n) is 4.56. The minimum Gasteiger partial charge on any atom is -0.378 e. The smallest absolute Gasteiger partial charge is 0.243 e. The molecule has 0 bridgehead atoms. The molecule has 22 heavy (non-hydrogen) atoms. The SMILES string of the molecule is Cc1ccc(S(=O)(=O)N2CCOC[C@H]2[C@H]2CCCC2=O)cc1. The predicted molar refractivity (Wildman–Crippen MR) is 82.0 cm³/mol. The molecule has 0 unspecified atom stereocenters. The lowest BCUT2D eigenvalue weighted by Crippen LogP contribution is -2.52. The van der Waals surface area contributed by atoms with Crippen LogP contribution in [-0.2, 0) is 19.6 Å². The number of aryl methyl sites for hydroxylation is 1. The number of sulfonamides is 1. The van der Waals surface area contributed by atoms with Crippen LogP contribution >= 0.6 is 0 Å². The number of morpholine rings is 1. The maximum absolute atomic E-state index is 12.9. The second-order valence-corrected chi connectivity index (χ2v) is 7.93. The molecule has 2 atom stereocenters. The van der Waals surface area contributed by atoms with Gasteiger partial charge in [-0.2, -0.15) is 4.31 Å². The van der Waals surface area contributed by atoms with Gasteiger partial charge in [0.05, 0.1) is 24.2 Å². The van der Waals surface area contributed by atoms with E-state index in [9.17, 15) is 13.2 Å². The number of nitrogens with zero attached hydrogens (tertiary/aromatic N) is 1. The van der Waals surface area contributed by atoms with Crippen molar-refractivity contribution in [2.75, 3.05) is 19.8 Å². The Kier molecular flexibility index (Phi) is 4.34. The lowest BCUT2D eigenvalue weighted by atomic mass is 9.97. The first-order valence-electron chi connectivity index (χ1n) is 7.69. The van der Waals surface area contributed by atoms with Crippen LogP contribution in [-0.4, -0.2) is 44.3 Å². The summed E-state index contributed by atoms with van der Waals surface area (Å²) in [6, 6.07) is 6.49. The summed E-state index contributed by atoms with van der Waals surface area (Å²) in [4.78, 5) is 12.3. The number of ketones is 1. The normalized spacial score (nSPS) is 27.2. The van der Waals surface area contributed by atoms with Crippen LogP contribution in [0, 0.1) is 12.8 Å². The van der Waals surface area contributed by atoms with Gasteiger partial charge in [0.2, 0.25) is 10.0 Å². The van der Waals surface area contributed by atoms with Gasteiger partial charge in [0.25, 0.3) is 0 Å². The van der Waals surface area contributed by atoms with Gasteiger partial charge in [-0.3, -0.25) is 4.79 Å². The van der Waals surface area contributed by atoms with Crippen LogP contribution in [0.4, 0.5) is 0 Å². The van der Waals surface area contributed by atoms with E-state index in [-0.39, 0.29) is 22.6 Å². The summed E-state index contributed by atoms with van der Waals surface area (Å²) in [5.74, 6) is -0.0554. The van der Waals surface area contributed by atoms with Crippen LogP contribution < -0.4 is 0 Å². The Morgan fingerprint density at radius 2 is 1.95 bits per heavy atom. The van der Waals surface area contributed by atoms with Crippen LogP contribution in [0.3, 0.4) is 0 Å². The Bertz CT molecular complexity index is 653. The van der Waals surface area contributed by atoms with Gasteiger partial charge < -0.3 is 4.74 Å². The number of benzene rings is 1. The highest BCUT2D eigenvalue weighted by Crippen LogP contribution is 2.32. The van der Waals surface area contributed by atoms with Crippen molar-refractivity contribution in [3.05, 3.63) is 29.8 Å². The number of Topliss-reactive ketones (excluding diaryl/α,β-unsaturated/α-hetero) is 1. The van der Waals surface area contributed by atoms with Gasteiger partial charge in [0.15, 0.2) is 0 Å². The zero-order valence-electron chi connectivity index (χ0n) is 12.7. The second-order valence-electron chi connectivity index (χ2n) is 6.04. The molecule has 0 aromatic heterocycles. The van der Waals surface area contributed by atoms with E-state index in [4.69, 9.17) is 4.74 Å². The third kappa shape index (κ3) is 2.83. The topological polar surface area (TPSA) is 63.7 Å². The molecule has 1 saturated carbocycles. The fraction of sp³-hybridized carbons (Fsp3) is 0.562. The molecule has 1 aliphatic carbocycles. The van der Waals surface area contributed by atoms with E-state index in [0.717, 1.165) is 18.4 Å². The van der Waals surface area contributed by atoms with E-state index in [2.05, 4.69) is 0 Å². The second kappa shape index (κ2) is 6.10. The molecule has 0 amide bonds. The van der Waals surface area contributed by atoms with Gasteiger partial charge in [-0.1, -0.05) is 17.7 Å². The molecule has 2 aliphatic rings. The molecule has 6 heteroatoms. The third-order valence-corrected chi connectivity index (χ3v) is 6.50. The fourth-order valence-corrected chi connectivity index (χ4v) is 4.95. The number of ether oxygens (including phenoxy) is 1. The first-order valence-corrected chi connectivity index (χ1v) is 9.13. The fourth-order valence-electron chi connectivity index (χ4n) is 3.32. The minimum atomic E-state index is -3.59. The van der Waals surface area contributed by atoms with Crippen LogP contribution in [0.5, 0.6) is 0 Å². The number of hydrogen-bond acceptors (Lipinski definition) is 4. The first kappa shape index (κ1) is 15.6. The molecule has 120 valence electrons. The van der Waals surface area contributed by atoms with Crippen molar-refractivity contribution in [3.63, 3.8) is 0 Å². The lowest BCUT2D eigenvalue weighted by molar-refractivity contribution is -0.123. The number of rotatable bonds is 3. The van der Waals surface area contributed by atoms with Crippen molar-refractivity contribution < 1.29 is 17.9 Å². The zero-order chi connectivity index (χ0) is 15.7. The van der Waals surface area contributed by atoms with E-state index in [1.165, 1.54) is 4.31 Å². The van der Waals surface area contributed by atoms with Crippen LogP contribution in [0.15, 0.2) is 29.2 Å². The molecule has 0 radical (unpaired) electrons. The van der Waals surface area contributed by atoms with Gasteiger partial charge in [-0.05, 0) is 31.9 Å². The summed E-state index contributed by atoms with van der Waals surface area (Å²) >= 11 is 0. The molecule has 1 aromatic rings. The summed E-state index contributed by atoms with van der Waals surface area (Å²) in [6.07, 6.45) is 2.16. The highest BCUT2D eigenvalue weighted by atomic mass is 32.2. The molecular weight excluding hydrogens is 302 g/mol. The van der Waals surface area contributed by atoms with Crippen LogP contribution in [0.2, 0.25) is 0 Å². The van der Waals surface area contributed by atoms with E-state index >= 15 is 0 Å². The molecule has 5 nitrogen and oxygen atoms in total. The average Bonchev–Trinajstić information content (AvgIpc) is 2.94. The molecule has 0 N–H and O–H groups in total. The van der Waals surface area contributed by atoms with Crippen molar-refractivity contribution in [2.45, 2.75) is 37.1 Å². The highest BCUT2D eigenvalue weighted by molar-refractivity contribution is 7.89. The molecule has 2 fully saturated rings. The van der Waals surface area contributed by atoms with E-state index in [1.807, 2.05) is 6.92 Å². The number of carbonyl (C=O) groups excluding carboxylic acids is 1. The molecule has 0 spiro atoms. The van der Waals surface area contributed by atoms with Crippen molar-refractivity contribution >= 4 is 15.8 Å². The standard InChI is InChI=1S/C16H21NO4S/c1-12-5-7-13(8-6-12)22(19,20)17-9-10-21-11-15(17)14-3-2-4-16(14)18/h5-8,14-15H,2-4,9-11H2,1H3/t14-,15+/m1/s1. The number of carbonyl (C=O) groups is 1. The van der Waals surface area contributed by atoms with Crippen LogP contribution in [0.25, 0.3) is 0 Å². The van der Waals surface area contributed by atoms with E-state index in [1.54, 1.807) is 24.3 Å². The summed E-state index contributed by atoms with van der Waals surface area (Å²) < 4.78 is 32.8. The zero-order valence-corrected chi connectivity index (χ0v) is 13.5. The minimum absolute atomic E-state index is 0.166. The molecule has 1 aromatic carbocycles. The molecule has 1 heterocycles. The van der Waals surface area contributed by atoms with Crippen molar-refractivity contribution in [1.29, 1.82) is 0 Å². The van der Waals surface area contributed by atoms with Crippen molar-refractivity contribution in [2.24, 2.45) is 5.92 Å². The first-order chi connectivity index (χ1) is 10.5. The summed E-state index contributed by atoms with van der Waals surface area (Å²) in [5, 5.41) is 0. The van der Waals surface area contributed by atoms with Gasteiger partial charge in [0.1, 0.15) is 5.78 Å². The highest BCUT2D eigenvalue weighted by Gasteiger charge is 2.42. The Hall–Kier alpha value is -1.24. The summed E-state index contributed by atoms with van der Waals surface area (Å²) in [7, 11) is -3.59. The largest absolute Gasteiger partial charge is 0.378 e. The Morgan fingerprint density at radius 3 is 2.59 bits per heavy atom. The van der Waals surface area contributed by atoms with Crippen molar-refractivity contribution in [3.8, 4) is 0 Å². The summed E-state index contributed by atoms with van der Waals surface area (Å²) in [6.45, 7) is 2.92. The Labute approximate surface area is 131 Å². The predicted octanol–water partition coefficient (Wildman–Crippen LogP) is 1.75. The maximum atomic E-state index is 12.9. The molecule has 1 saturated heterocycles. The van der Waals surface area contributed by atoms with Gasteiger partial charge in [-0.15, -0.1) is 0 Å². The molecule has 3 rings (SSSR count). The summed E-state index contributed by atoms with van der Waals surface area (Å²) in [5.41, 5.74) is 1.02. The average molecular weight is 323 g/mol. The lowest BCUT2D eigenvalue weighted by Gasteiger charge is -2.37. The monoisotopic (exact) mass is 323 g/mol. The molecule has 1 aliphatic heterocycles. The maximum Gasteiger partial charge on any atom is 0.243 e. The van der Waals surface area contributed by atoms with E-state index < -0.39 is 10.0 Å². The quantitative estimate of drug-likeness (QED) is 0.850. The Balaban J connectivity index is 1.92. The van der Waals surface area contributed by atoms with Crippen LogP contribution in [0.1, 0.15) is 24.8 Å². The van der Waals surface area contributed by atoms with Gasteiger partial charge in [0, 0.05) is 18.9 Å². The van der Waals surface area contributed by atoms with Gasteiger partial charge in [-0.25, -0.2) is 8.42 Å².